The lowest BCUT2D eigenvalue weighted by atomic mass is 10.1. The van der Waals surface area contributed by atoms with Crippen LogP contribution in [0.2, 0.25) is 0 Å². The summed E-state index contributed by atoms with van der Waals surface area (Å²) in [6.07, 6.45) is 5.37. The number of rotatable bonds is 16. The molecule has 0 radical (unpaired) electrons. The van der Waals surface area contributed by atoms with Gasteiger partial charge in [-0.3, -0.25) is 24.9 Å². The first-order valence-corrected chi connectivity index (χ1v) is 17.8. The zero-order valence-corrected chi connectivity index (χ0v) is 28.9. The first kappa shape index (κ1) is 40.5. The van der Waals surface area contributed by atoms with Crippen LogP contribution in [0.25, 0.3) is 21.8 Å². The van der Waals surface area contributed by atoms with Crippen molar-refractivity contribution in [1.82, 2.24) is 9.97 Å². The van der Waals surface area contributed by atoms with Crippen molar-refractivity contribution in [2.75, 3.05) is 11.1 Å². The molecule has 1 atom stereocenters. The van der Waals surface area contributed by atoms with Gasteiger partial charge in [-0.15, -0.1) is 11.8 Å². The maximum atomic E-state index is 13.7. The number of benzene rings is 2. The van der Waals surface area contributed by atoms with E-state index in [0.29, 0.717) is 23.4 Å². The number of fused-ring (bicyclic) bond motifs is 2. The van der Waals surface area contributed by atoms with Gasteiger partial charge in [0, 0.05) is 17.8 Å². The van der Waals surface area contributed by atoms with Crippen LogP contribution in [0, 0.1) is 10.1 Å². The summed E-state index contributed by atoms with van der Waals surface area (Å²) in [5.41, 5.74) is -2.64. The van der Waals surface area contributed by atoms with Crippen molar-refractivity contribution < 1.29 is 36.1 Å². The highest BCUT2D eigenvalue weighted by atomic mass is 32.2. The summed E-state index contributed by atoms with van der Waals surface area (Å²) in [6, 6.07) is 9.92. The van der Waals surface area contributed by atoms with Crippen LogP contribution in [0.1, 0.15) is 95.6 Å². The van der Waals surface area contributed by atoms with E-state index in [2.05, 4.69) is 29.1 Å². The molecule has 2 aromatic heterocycles. The number of halogens is 6. The predicted octanol–water partition coefficient (Wildman–Crippen LogP) is 11.8. The summed E-state index contributed by atoms with van der Waals surface area (Å²) in [5.74, 6) is 0.503. The number of carbonyl (C=O) groups excluding carboxylic acids is 1. The molecule has 2 aromatic carbocycles. The van der Waals surface area contributed by atoms with Gasteiger partial charge in [0.25, 0.3) is 5.69 Å². The quantitative estimate of drug-likeness (QED) is 0.0535. The van der Waals surface area contributed by atoms with Gasteiger partial charge in [0.1, 0.15) is 5.56 Å². The summed E-state index contributed by atoms with van der Waals surface area (Å²) in [4.78, 5) is 30.9. The van der Waals surface area contributed by atoms with Crippen LogP contribution in [0.3, 0.4) is 0 Å². The zero-order valence-electron chi connectivity index (χ0n) is 28.1. The first-order chi connectivity index (χ1) is 23.8. The summed E-state index contributed by atoms with van der Waals surface area (Å²) < 4.78 is 79.0. The monoisotopic (exact) mass is 724 g/mol. The maximum Gasteiger partial charge on any atom is 0.423 e. The summed E-state index contributed by atoms with van der Waals surface area (Å²) >= 11 is 1.58. The number of nitro groups is 1. The fraction of sp³-hybridized carbons (Fsp3) is 0.472. The van der Waals surface area contributed by atoms with Crippen LogP contribution in [-0.4, -0.2) is 31.8 Å². The SMILES string of the molecule is CCCCCCCCC(SCCCCCC)C(=O)Nc1c(C(F)(F)F)ccc2ncccc12.O=[N+]([O-])c1c(C(F)(F)F)ccc2ncccc12. The highest BCUT2D eigenvalue weighted by Gasteiger charge is 2.39. The third-order valence-electron chi connectivity index (χ3n) is 8.01. The Bertz CT molecular complexity index is 1700. The van der Waals surface area contributed by atoms with E-state index in [1.165, 1.54) is 49.9 Å². The Kier molecular flexibility index (Phi) is 15.8. The number of aromatic nitrogens is 2. The van der Waals surface area contributed by atoms with Gasteiger partial charge in [-0.05, 0) is 67.1 Å². The maximum absolute atomic E-state index is 13.7. The molecule has 0 saturated heterocycles. The molecule has 4 rings (SSSR count). The molecular formula is C36H42F6N4O3S. The van der Waals surface area contributed by atoms with Gasteiger partial charge in [-0.2, -0.15) is 26.3 Å². The molecule has 7 nitrogen and oxygen atoms in total. The van der Waals surface area contributed by atoms with Crippen molar-refractivity contribution in [3.8, 4) is 0 Å². The van der Waals surface area contributed by atoms with Crippen LogP contribution in [0.15, 0.2) is 60.9 Å². The van der Waals surface area contributed by atoms with Crippen molar-refractivity contribution in [2.45, 2.75) is 102 Å². The highest BCUT2D eigenvalue weighted by Crippen LogP contribution is 2.40. The molecule has 1 amide bonds. The number of pyridine rings is 2. The van der Waals surface area contributed by atoms with Crippen molar-refractivity contribution in [2.24, 2.45) is 0 Å². The number of anilines is 1. The molecule has 0 bridgehead atoms. The number of carbonyl (C=O) groups is 1. The predicted molar refractivity (Wildman–Crippen MR) is 187 cm³/mol. The molecule has 0 saturated carbocycles. The first-order valence-electron chi connectivity index (χ1n) is 16.8. The van der Waals surface area contributed by atoms with Crippen molar-refractivity contribution >= 4 is 50.8 Å². The molecule has 14 heteroatoms. The third kappa shape index (κ3) is 11.8. The van der Waals surface area contributed by atoms with Gasteiger partial charge in [-0.25, -0.2) is 0 Å². The molecule has 1 unspecified atom stereocenters. The summed E-state index contributed by atoms with van der Waals surface area (Å²) in [5, 5.41) is 13.3. The minimum atomic E-state index is -4.76. The van der Waals surface area contributed by atoms with Gasteiger partial charge >= 0.3 is 12.4 Å². The molecule has 4 aromatic rings. The number of nitrogens with one attached hydrogen (secondary N) is 1. The normalized spacial score (nSPS) is 12.4. The number of hydrogen-bond acceptors (Lipinski definition) is 6. The molecule has 0 aliphatic rings. The number of nitrogens with zero attached hydrogens (tertiary/aromatic N) is 3. The number of thioether (sulfide) groups is 1. The molecule has 0 spiro atoms. The number of amides is 1. The number of unbranched alkanes of at least 4 members (excludes halogenated alkanes) is 8. The van der Waals surface area contributed by atoms with Crippen LogP contribution in [0.4, 0.5) is 37.7 Å². The number of hydrogen-bond donors (Lipinski definition) is 1. The van der Waals surface area contributed by atoms with Crippen LogP contribution >= 0.6 is 11.8 Å². The topological polar surface area (TPSA) is 98.0 Å². The Morgan fingerprint density at radius 3 is 1.86 bits per heavy atom. The lowest BCUT2D eigenvalue weighted by molar-refractivity contribution is -0.386. The Morgan fingerprint density at radius 1 is 0.760 bits per heavy atom. The second kappa shape index (κ2) is 19.5. The van der Waals surface area contributed by atoms with Gasteiger partial charge in [0.05, 0.1) is 37.8 Å². The van der Waals surface area contributed by atoms with E-state index < -0.39 is 34.1 Å². The van der Waals surface area contributed by atoms with E-state index in [-0.39, 0.29) is 27.7 Å². The minimum Gasteiger partial charge on any atom is -0.324 e. The highest BCUT2D eigenvalue weighted by molar-refractivity contribution is 8.00. The standard InChI is InChI=1S/C26H37F3N2OS.C10H5F3N2O2/c1-3-5-7-9-10-11-15-23(33-19-12-8-6-4-2)25(32)31-24-20-14-13-18-30-22(20)17-16-21(24)26(27,28)29;11-10(12,13)7-3-4-8-6(2-1-5-14-8)9(7)15(16)17/h13-14,16-18,23H,3-12,15,19H2,1-2H3,(H,31,32);1-5H. The van der Waals surface area contributed by atoms with Crippen molar-refractivity contribution in [3.63, 3.8) is 0 Å². The Hall–Kier alpha value is -3.94. The minimum absolute atomic E-state index is 0.118. The smallest absolute Gasteiger partial charge is 0.324 e. The molecule has 2 heterocycles. The third-order valence-corrected chi connectivity index (χ3v) is 9.39. The van der Waals surface area contributed by atoms with E-state index in [4.69, 9.17) is 0 Å². The van der Waals surface area contributed by atoms with E-state index >= 15 is 0 Å². The lowest BCUT2D eigenvalue weighted by Crippen LogP contribution is -2.27. The van der Waals surface area contributed by atoms with Crippen LogP contribution < -0.4 is 5.32 Å². The molecule has 1 N–H and O–H groups in total. The molecule has 50 heavy (non-hydrogen) atoms. The van der Waals surface area contributed by atoms with E-state index in [1.807, 2.05) is 0 Å². The Morgan fingerprint density at radius 2 is 1.28 bits per heavy atom. The second-order valence-corrected chi connectivity index (χ2v) is 13.1. The second-order valence-electron chi connectivity index (χ2n) is 11.8. The molecular weight excluding hydrogens is 682 g/mol. The van der Waals surface area contributed by atoms with E-state index in [9.17, 15) is 41.3 Å². The fourth-order valence-electron chi connectivity index (χ4n) is 5.44. The zero-order chi connectivity index (χ0) is 36.7. The Balaban J connectivity index is 0.000000331. The van der Waals surface area contributed by atoms with Crippen LogP contribution in [-0.2, 0) is 17.1 Å². The largest absolute Gasteiger partial charge is 0.423 e. The number of nitro benzene ring substituents is 1. The van der Waals surface area contributed by atoms with Gasteiger partial charge in [0.2, 0.25) is 5.91 Å². The van der Waals surface area contributed by atoms with Gasteiger partial charge in [-0.1, -0.05) is 71.6 Å². The molecule has 0 fully saturated rings. The van der Waals surface area contributed by atoms with Crippen LogP contribution in [0.5, 0.6) is 0 Å². The molecule has 272 valence electrons. The average molecular weight is 725 g/mol. The lowest BCUT2D eigenvalue weighted by Gasteiger charge is -2.20. The molecule has 0 aliphatic heterocycles. The fourth-order valence-corrected chi connectivity index (χ4v) is 6.64. The van der Waals surface area contributed by atoms with E-state index in [1.54, 1.807) is 23.9 Å². The van der Waals surface area contributed by atoms with Crippen molar-refractivity contribution in [3.05, 3.63) is 82.2 Å². The summed E-state index contributed by atoms with van der Waals surface area (Å²) in [6.45, 7) is 4.33. The van der Waals surface area contributed by atoms with Gasteiger partial charge < -0.3 is 5.32 Å². The van der Waals surface area contributed by atoms with E-state index in [0.717, 1.165) is 62.8 Å². The van der Waals surface area contributed by atoms with Gasteiger partial charge in [0.15, 0.2) is 0 Å². The van der Waals surface area contributed by atoms with Crippen molar-refractivity contribution in [1.29, 1.82) is 0 Å². The average Bonchev–Trinajstić information content (AvgIpc) is 3.07. The number of alkyl halides is 6. The summed E-state index contributed by atoms with van der Waals surface area (Å²) in [7, 11) is 0. The molecule has 0 aliphatic carbocycles. The Labute approximate surface area is 291 Å².